The summed E-state index contributed by atoms with van der Waals surface area (Å²) in [6, 6.07) is 0. The van der Waals surface area contributed by atoms with Gasteiger partial charge in [-0.1, -0.05) is 59.9 Å². The Morgan fingerprint density at radius 3 is 1.11 bits per heavy atom. The molecule has 0 bridgehead atoms. The standard InChI is InChI=1S/C16H34O2P/c17-13-9-5-1-3-7-11-15-19-16-12-8-4-2-6-10-14-18/h17-18H,1-16H2. The molecule has 115 valence electrons. The molecule has 3 heteroatoms. The van der Waals surface area contributed by atoms with E-state index in [1.54, 1.807) is 8.58 Å². The normalized spacial score (nSPS) is 11.1. The van der Waals surface area contributed by atoms with E-state index in [0.717, 1.165) is 12.8 Å². The van der Waals surface area contributed by atoms with Crippen LogP contribution in [0.4, 0.5) is 0 Å². The van der Waals surface area contributed by atoms with E-state index in [2.05, 4.69) is 0 Å². The Balaban J connectivity index is 2.88. The van der Waals surface area contributed by atoms with Crippen LogP contribution in [0.2, 0.25) is 0 Å². The van der Waals surface area contributed by atoms with Crippen LogP contribution < -0.4 is 0 Å². The van der Waals surface area contributed by atoms with Crippen molar-refractivity contribution in [2.24, 2.45) is 0 Å². The van der Waals surface area contributed by atoms with Crippen LogP contribution in [0.3, 0.4) is 0 Å². The molecule has 0 aliphatic carbocycles. The molecule has 2 N–H and O–H groups in total. The number of aliphatic hydroxyl groups is 2. The van der Waals surface area contributed by atoms with Crippen molar-refractivity contribution in [3.05, 3.63) is 0 Å². The average Bonchev–Trinajstić information content (AvgIpc) is 2.43. The van der Waals surface area contributed by atoms with E-state index in [1.165, 1.54) is 76.5 Å². The van der Waals surface area contributed by atoms with Gasteiger partial charge in [0.05, 0.1) is 0 Å². The minimum absolute atomic E-state index is 0.360. The van der Waals surface area contributed by atoms with Crippen LogP contribution in [0.5, 0.6) is 0 Å². The zero-order chi connectivity index (χ0) is 14.0. The number of unbranched alkanes of at least 4 members (excludes halogenated alkanes) is 10. The van der Waals surface area contributed by atoms with Crippen LogP contribution in [-0.2, 0) is 0 Å². The SMILES string of the molecule is OCCCCCCCC[P]CCCCCCCCO. The smallest absolute Gasteiger partial charge is 0.0431 e. The van der Waals surface area contributed by atoms with Crippen molar-refractivity contribution in [1.29, 1.82) is 0 Å². The first-order valence-electron chi connectivity index (χ1n) is 8.26. The zero-order valence-electron chi connectivity index (χ0n) is 12.7. The summed E-state index contributed by atoms with van der Waals surface area (Å²) in [7, 11) is 1.64. The molecular formula is C16H34O2P. The minimum atomic E-state index is 0.360. The fourth-order valence-electron chi connectivity index (χ4n) is 2.20. The highest BCUT2D eigenvalue weighted by Crippen LogP contribution is 2.17. The predicted octanol–water partition coefficient (Wildman–Crippen LogP) is 4.60. The maximum atomic E-state index is 8.66. The Morgan fingerprint density at radius 1 is 0.421 bits per heavy atom. The molecule has 0 atom stereocenters. The molecule has 0 saturated carbocycles. The average molecular weight is 289 g/mol. The van der Waals surface area contributed by atoms with Crippen molar-refractivity contribution in [3.8, 4) is 0 Å². The Kier molecular flexibility index (Phi) is 18.7. The minimum Gasteiger partial charge on any atom is -0.396 e. The van der Waals surface area contributed by atoms with Gasteiger partial charge in [0, 0.05) is 13.2 Å². The largest absolute Gasteiger partial charge is 0.396 e. The second kappa shape index (κ2) is 18.4. The molecule has 0 aromatic heterocycles. The Labute approximate surface area is 122 Å². The maximum absolute atomic E-state index is 8.66. The van der Waals surface area contributed by atoms with Crippen molar-refractivity contribution in [2.75, 3.05) is 25.5 Å². The van der Waals surface area contributed by atoms with Crippen LogP contribution in [0.1, 0.15) is 77.0 Å². The number of hydrogen-bond donors (Lipinski definition) is 2. The lowest BCUT2D eigenvalue weighted by Gasteiger charge is -2.02. The van der Waals surface area contributed by atoms with Gasteiger partial charge in [0.25, 0.3) is 0 Å². The molecule has 0 aliphatic heterocycles. The summed E-state index contributed by atoms with van der Waals surface area (Å²) >= 11 is 0. The van der Waals surface area contributed by atoms with Gasteiger partial charge in [-0.25, -0.2) is 0 Å². The van der Waals surface area contributed by atoms with Crippen molar-refractivity contribution >= 4 is 8.58 Å². The summed E-state index contributed by atoms with van der Waals surface area (Å²) in [6.07, 6.45) is 17.9. The maximum Gasteiger partial charge on any atom is 0.0431 e. The summed E-state index contributed by atoms with van der Waals surface area (Å²) < 4.78 is 0. The molecule has 0 spiro atoms. The Bertz CT molecular complexity index is 138. The van der Waals surface area contributed by atoms with Gasteiger partial charge in [-0.3, -0.25) is 0 Å². The van der Waals surface area contributed by atoms with E-state index < -0.39 is 0 Å². The zero-order valence-corrected chi connectivity index (χ0v) is 13.5. The van der Waals surface area contributed by atoms with Crippen LogP contribution in [0, 0.1) is 0 Å². The van der Waals surface area contributed by atoms with Gasteiger partial charge in [-0.15, -0.1) is 0 Å². The Morgan fingerprint density at radius 2 is 0.737 bits per heavy atom. The highest BCUT2D eigenvalue weighted by atomic mass is 31.1. The highest BCUT2D eigenvalue weighted by molar-refractivity contribution is 7.37. The third-order valence-electron chi connectivity index (χ3n) is 3.45. The van der Waals surface area contributed by atoms with Crippen molar-refractivity contribution < 1.29 is 10.2 Å². The van der Waals surface area contributed by atoms with E-state index in [9.17, 15) is 0 Å². The van der Waals surface area contributed by atoms with Crippen LogP contribution >= 0.6 is 8.58 Å². The highest BCUT2D eigenvalue weighted by Gasteiger charge is 1.94. The van der Waals surface area contributed by atoms with E-state index in [4.69, 9.17) is 10.2 Å². The van der Waals surface area contributed by atoms with Crippen LogP contribution in [-0.4, -0.2) is 35.8 Å². The summed E-state index contributed by atoms with van der Waals surface area (Å²) in [5.74, 6) is 0. The molecule has 0 rings (SSSR count). The molecule has 2 nitrogen and oxygen atoms in total. The topological polar surface area (TPSA) is 40.5 Å². The van der Waals surface area contributed by atoms with E-state index in [0.29, 0.717) is 13.2 Å². The molecule has 0 amide bonds. The Hall–Kier alpha value is 0.350. The number of hydrogen-bond acceptors (Lipinski definition) is 2. The van der Waals surface area contributed by atoms with Crippen LogP contribution in [0.15, 0.2) is 0 Å². The van der Waals surface area contributed by atoms with E-state index >= 15 is 0 Å². The van der Waals surface area contributed by atoms with Gasteiger partial charge in [-0.05, 0) is 38.0 Å². The summed E-state index contributed by atoms with van der Waals surface area (Å²) in [5.41, 5.74) is 0. The quantitative estimate of drug-likeness (QED) is 0.322. The van der Waals surface area contributed by atoms with Gasteiger partial charge in [0.15, 0.2) is 0 Å². The first kappa shape index (κ1) is 19.4. The summed E-state index contributed by atoms with van der Waals surface area (Å²) in [6.45, 7) is 0.719. The lowest BCUT2D eigenvalue weighted by Crippen LogP contribution is -1.87. The van der Waals surface area contributed by atoms with Gasteiger partial charge in [0.2, 0.25) is 0 Å². The van der Waals surface area contributed by atoms with Crippen molar-refractivity contribution in [3.63, 3.8) is 0 Å². The first-order chi connectivity index (χ1) is 9.41. The van der Waals surface area contributed by atoms with Crippen LogP contribution in [0.25, 0.3) is 0 Å². The van der Waals surface area contributed by atoms with Gasteiger partial charge >= 0.3 is 0 Å². The summed E-state index contributed by atoms with van der Waals surface area (Å²) in [5, 5.41) is 17.3. The molecular weight excluding hydrogens is 255 g/mol. The van der Waals surface area contributed by atoms with Gasteiger partial charge in [0.1, 0.15) is 0 Å². The molecule has 0 fully saturated rings. The fraction of sp³-hybridized carbons (Fsp3) is 1.00. The van der Waals surface area contributed by atoms with Gasteiger partial charge in [-0.2, -0.15) is 0 Å². The number of aliphatic hydroxyl groups excluding tert-OH is 2. The number of rotatable bonds is 16. The van der Waals surface area contributed by atoms with Crippen molar-refractivity contribution in [1.82, 2.24) is 0 Å². The lowest BCUT2D eigenvalue weighted by molar-refractivity contribution is 0.282. The fourth-order valence-corrected chi connectivity index (χ4v) is 3.31. The molecule has 0 saturated heterocycles. The van der Waals surface area contributed by atoms with E-state index in [-0.39, 0.29) is 0 Å². The third-order valence-corrected chi connectivity index (χ3v) is 4.71. The molecule has 19 heavy (non-hydrogen) atoms. The predicted molar refractivity (Wildman–Crippen MR) is 86.2 cm³/mol. The second-order valence-electron chi connectivity index (χ2n) is 5.36. The second-order valence-corrected chi connectivity index (χ2v) is 6.70. The molecule has 1 radical (unpaired) electrons. The molecule has 0 unspecified atom stereocenters. The molecule has 0 heterocycles. The summed E-state index contributed by atoms with van der Waals surface area (Å²) in [4.78, 5) is 0. The lowest BCUT2D eigenvalue weighted by atomic mass is 10.1. The van der Waals surface area contributed by atoms with E-state index in [1.807, 2.05) is 0 Å². The van der Waals surface area contributed by atoms with Crippen molar-refractivity contribution in [2.45, 2.75) is 77.0 Å². The monoisotopic (exact) mass is 289 g/mol. The molecule has 0 aromatic rings. The third kappa shape index (κ3) is 18.4. The first-order valence-corrected chi connectivity index (χ1v) is 9.53. The molecule has 0 aliphatic rings. The van der Waals surface area contributed by atoms with Gasteiger partial charge < -0.3 is 10.2 Å². The molecule has 0 aromatic carbocycles.